The molecule has 3 fully saturated rings. The van der Waals surface area contributed by atoms with Crippen LogP contribution in [0.1, 0.15) is 78.1 Å². The molecule has 11 heteroatoms. The molecule has 0 aromatic carbocycles. The normalized spacial score (nSPS) is 29.9. The zero-order valence-electron chi connectivity index (χ0n) is 22.7. The number of aliphatic carboxylic acids is 1. The highest BCUT2D eigenvalue weighted by molar-refractivity contribution is 5.95. The van der Waals surface area contributed by atoms with Crippen molar-refractivity contribution in [2.45, 2.75) is 102 Å². The van der Waals surface area contributed by atoms with E-state index in [-0.39, 0.29) is 43.1 Å². The second kappa shape index (κ2) is 15.5. The first-order valence-electron chi connectivity index (χ1n) is 13.6. The number of ketones is 1. The zero-order valence-corrected chi connectivity index (χ0v) is 24.4. The van der Waals surface area contributed by atoms with Gasteiger partial charge in [0.1, 0.15) is 0 Å². The van der Waals surface area contributed by atoms with Crippen LogP contribution in [0.3, 0.4) is 0 Å². The lowest BCUT2D eigenvalue weighted by Crippen LogP contribution is -2.65. The Hall–Kier alpha value is -1.13. The molecule has 5 N–H and O–H groups in total. The maximum atomic E-state index is 13.9. The molecule has 3 rings (SSSR count). The lowest BCUT2D eigenvalue weighted by atomic mass is 9.72. The number of Topliss-reactive ketones (excluding diaryl/α,β-unsaturated/α-hetero) is 1. The molecule has 0 spiro atoms. The number of halogens is 2. The number of carboxylic acid groups (broad SMARTS) is 1. The second-order valence-electron chi connectivity index (χ2n) is 11.2. The van der Waals surface area contributed by atoms with Crippen molar-refractivity contribution in [3.05, 3.63) is 0 Å². The molecule has 216 valence electrons. The standard InChI is InChI=1S/C26H47N5O4.2ClH/c1-18-14-19(2)16-20(15-18)31-10-5-4-8-26(31,24(34)22(27)17-23(32)33)9-13-35-21-6-11-30(12-7-21)25(28)29-3;;/h18-22H,4-17,27H2,1-3H3,(H2,28,29)(H,32,33);2*1H/t18-,19+,20?,22?,26-;;/m0../s1. The van der Waals surface area contributed by atoms with Crippen molar-refractivity contribution in [2.75, 3.05) is 33.3 Å². The number of carboxylic acids is 1. The van der Waals surface area contributed by atoms with Crippen molar-refractivity contribution < 1.29 is 19.4 Å². The van der Waals surface area contributed by atoms with E-state index in [2.05, 4.69) is 24.1 Å². The summed E-state index contributed by atoms with van der Waals surface area (Å²) < 4.78 is 6.31. The Morgan fingerprint density at radius 3 is 2.30 bits per heavy atom. The van der Waals surface area contributed by atoms with Gasteiger partial charge < -0.3 is 25.8 Å². The van der Waals surface area contributed by atoms with Gasteiger partial charge in [0.25, 0.3) is 0 Å². The van der Waals surface area contributed by atoms with Gasteiger partial charge in [-0.05, 0) is 76.2 Å². The summed E-state index contributed by atoms with van der Waals surface area (Å²) in [4.78, 5) is 29.7. The highest BCUT2D eigenvalue weighted by Gasteiger charge is 2.50. The molecule has 0 aromatic heterocycles. The summed E-state index contributed by atoms with van der Waals surface area (Å²) in [7, 11) is 1.76. The van der Waals surface area contributed by atoms with Crippen LogP contribution >= 0.6 is 24.8 Å². The third kappa shape index (κ3) is 8.68. The highest BCUT2D eigenvalue weighted by Crippen LogP contribution is 2.41. The Morgan fingerprint density at radius 1 is 1.11 bits per heavy atom. The first kappa shape index (κ1) is 33.9. The number of rotatable bonds is 9. The topological polar surface area (TPSA) is 132 Å². The van der Waals surface area contributed by atoms with Crippen LogP contribution in [0.15, 0.2) is 0 Å². The largest absolute Gasteiger partial charge is 0.481 e. The summed E-state index contributed by atoms with van der Waals surface area (Å²) in [6, 6.07) is -0.673. The predicted molar refractivity (Wildman–Crippen MR) is 151 cm³/mol. The van der Waals surface area contributed by atoms with Crippen molar-refractivity contribution in [3.8, 4) is 0 Å². The molecule has 0 aromatic rings. The Morgan fingerprint density at radius 2 is 1.73 bits per heavy atom. The number of nitrogens with two attached hydrogens (primary N) is 1. The van der Waals surface area contributed by atoms with Crippen molar-refractivity contribution >= 4 is 42.5 Å². The average molecular weight is 567 g/mol. The van der Waals surface area contributed by atoms with Crippen LogP contribution in [-0.2, 0) is 14.3 Å². The molecule has 0 bridgehead atoms. The number of carbonyl (C=O) groups is 2. The summed E-state index contributed by atoms with van der Waals surface area (Å²) in [6.45, 7) is 7.49. The maximum Gasteiger partial charge on any atom is 0.305 e. The molecule has 3 aliphatic rings. The van der Waals surface area contributed by atoms with Crippen molar-refractivity contribution in [1.29, 1.82) is 5.41 Å². The number of nitrogens with zero attached hydrogens (tertiary/aromatic N) is 2. The van der Waals surface area contributed by atoms with Gasteiger partial charge in [-0.3, -0.25) is 19.9 Å². The van der Waals surface area contributed by atoms with Crippen molar-refractivity contribution in [3.63, 3.8) is 0 Å². The monoisotopic (exact) mass is 565 g/mol. The van der Waals surface area contributed by atoms with Crippen LogP contribution in [0.4, 0.5) is 0 Å². The number of likely N-dealkylation sites (tertiary alicyclic amines) is 2. The molecule has 2 saturated heterocycles. The van der Waals surface area contributed by atoms with E-state index < -0.39 is 17.6 Å². The van der Waals surface area contributed by atoms with E-state index in [9.17, 15) is 14.7 Å². The smallest absolute Gasteiger partial charge is 0.305 e. The van der Waals surface area contributed by atoms with Gasteiger partial charge in [0.15, 0.2) is 11.7 Å². The molecule has 0 amide bonds. The molecular weight excluding hydrogens is 517 g/mol. The number of guanidine groups is 1. The van der Waals surface area contributed by atoms with Crippen LogP contribution in [0, 0.1) is 17.2 Å². The fourth-order valence-corrected chi connectivity index (χ4v) is 6.83. The molecular formula is C26H49Cl2N5O4. The van der Waals surface area contributed by atoms with E-state index in [4.69, 9.17) is 15.9 Å². The SMILES string of the molecule is CNC(=N)N1CCC(OCC[C@]2(C(=O)C(N)CC(=O)O)CCCCN2C2C[C@@H](C)C[C@@H](C)C2)CC1.Cl.Cl. The number of hydrogen-bond acceptors (Lipinski definition) is 6. The van der Waals surface area contributed by atoms with Gasteiger partial charge >= 0.3 is 5.97 Å². The van der Waals surface area contributed by atoms with E-state index in [0.717, 1.165) is 64.6 Å². The molecule has 1 aliphatic carbocycles. The van der Waals surface area contributed by atoms with E-state index in [1.807, 2.05) is 4.90 Å². The molecule has 5 atom stereocenters. The molecule has 9 nitrogen and oxygen atoms in total. The molecule has 1 saturated carbocycles. The van der Waals surface area contributed by atoms with Crippen LogP contribution in [0.5, 0.6) is 0 Å². The minimum absolute atomic E-state index is 0. The quantitative estimate of drug-likeness (QED) is 0.247. The van der Waals surface area contributed by atoms with Gasteiger partial charge in [-0.1, -0.05) is 13.8 Å². The number of ether oxygens (including phenoxy) is 1. The molecule has 2 aliphatic heterocycles. The predicted octanol–water partition coefficient (Wildman–Crippen LogP) is 3.28. The number of carbonyl (C=O) groups excluding carboxylic acids is 1. The second-order valence-corrected chi connectivity index (χ2v) is 11.2. The van der Waals surface area contributed by atoms with E-state index >= 15 is 0 Å². The summed E-state index contributed by atoms with van der Waals surface area (Å²) in [5.74, 6) is 0.520. The summed E-state index contributed by atoms with van der Waals surface area (Å²) >= 11 is 0. The van der Waals surface area contributed by atoms with Crippen LogP contribution in [-0.4, -0.2) is 89.6 Å². The number of hydrogen-bond donors (Lipinski definition) is 4. The summed E-state index contributed by atoms with van der Waals surface area (Å²) in [5.41, 5.74) is 5.48. The fourth-order valence-electron chi connectivity index (χ4n) is 6.83. The number of piperidine rings is 2. The van der Waals surface area contributed by atoms with Crippen LogP contribution in [0.2, 0.25) is 0 Å². The Bertz CT molecular complexity index is 742. The summed E-state index contributed by atoms with van der Waals surface area (Å²) in [6.07, 6.45) is 8.14. The van der Waals surface area contributed by atoms with Crippen molar-refractivity contribution in [1.82, 2.24) is 15.1 Å². The lowest BCUT2D eigenvalue weighted by molar-refractivity contribution is -0.146. The van der Waals surface area contributed by atoms with E-state index in [1.165, 1.54) is 6.42 Å². The number of nitrogens with one attached hydrogen (secondary N) is 2. The molecule has 2 unspecified atom stereocenters. The van der Waals surface area contributed by atoms with Gasteiger partial charge in [-0.25, -0.2) is 0 Å². The maximum absolute atomic E-state index is 13.9. The minimum atomic E-state index is -1.03. The Balaban J connectivity index is 0.00000342. The van der Waals surface area contributed by atoms with Gasteiger partial charge in [0.2, 0.25) is 0 Å². The van der Waals surface area contributed by atoms with E-state index in [0.29, 0.717) is 36.9 Å². The van der Waals surface area contributed by atoms with Gasteiger partial charge in [0, 0.05) is 32.8 Å². The van der Waals surface area contributed by atoms with Gasteiger partial charge in [0.05, 0.1) is 24.1 Å². The molecule has 2 heterocycles. The Labute approximate surface area is 234 Å². The van der Waals surface area contributed by atoms with Crippen molar-refractivity contribution in [2.24, 2.45) is 17.6 Å². The average Bonchev–Trinajstić information content (AvgIpc) is 2.82. The highest BCUT2D eigenvalue weighted by atomic mass is 35.5. The lowest BCUT2D eigenvalue weighted by Gasteiger charge is -2.53. The van der Waals surface area contributed by atoms with Gasteiger partial charge in [-0.15, -0.1) is 24.8 Å². The third-order valence-electron chi connectivity index (χ3n) is 8.44. The van der Waals surface area contributed by atoms with Gasteiger partial charge in [-0.2, -0.15) is 0 Å². The molecule has 37 heavy (non-hydrogen) atoms. The summed E-state index contributed by atoms with van der Waals surface area (Å²) in [5, 5.41) is 20.2. The van der Waals surface area contributed by atoms with Crippen LogP contribution < -0.4 is 11.1 Å². The minimum Gasteiger partial charge on any atom is -0.481 e. The third-order valence-corrected chi connectivity index (χ3v) is 8.44. The first-order chi connectivity index (χ1) is 16.7. The van der Waals surface area contributed by atoms with E-state index in [1.54, 1.807) is 7.05 Å². The molecule has 0 radical (unpaired) electrons. The Kier molecular flexibility index (Phi) is 14.2. The van der Waals surface area contributed by atoms with Crippen LogP contribution in [0.25, 0.3) is 0 Å². The fraction of sp³-hybridized carbons (Fsp3) is 0.885. The zero-order chi connectivity index (χ0) is 25.6. The first-order valence-corrected chi connectivity index (χ1v) is 13.6.